The van der Waals surface area contributed by atoms with Gasteiger partial charge in [-0.1, -0.05) is 24.3 Å². The monoisotopic (exact) mass is 672 g/mol. The van der Waals surface area contributed by atoms with Crippen LogP contribution in [0.25, 0.3) is 11.1 Å². The minimum Gasteiger partial charge on any atom is -0.508 e. The predicted octanol–water partition coefficient (Wildman–Crippen LogP) is 5.80. The van der Waals surface area contributed by atoms with Gasteiger partial charge in [0.1, 0.15) is 28.6 Å². The topological polar surface area (TPSA) is 129 Å². The van der Waals surface area contributed by atoms with E-state index in [2.05, 4.69) is 44.7 Å². The number of nitrogens with one attached hydrogen (secondary N) is 3. The zero-order valence-electron chi connectivity index (χ0n) is 27.3. The van der Waals surface area contributed by atoms with Gasteiger partial charge in [-0.2, -0.15) is 0 Å². The summed E-state index contributed by atoms with van der Waals surface area (Å²) in [4.78, 5) is 36.5. The summed E-state index contributed by atoms with van der Waals surface area (Å²) in [5.74, 6) is -0.684. The van der Waals surface area contributed by atoms with Gasteiger partial charge in [0.2, 0.25) is 5.88 Å². The molecule has 48 heavy (non-hydrogen) atoms. The van der Waals surface area contributed by atoms with E-state index in [1.54, 1.807) is 23.6 Å². The number of aromatic hydroxyl groups is 1. The smallest absolute Gasteiger partial charge is 0.270 e. The van der Waals surface area contributed by atoms with Gasteiger partial charge >= 0.3 is 0 Å². The van der Waals surface area contributed by atoms with Crippen LogP contribution in [0.3, 0.4) is 0 Å². The number of halogens is 1. The summed E-state index contributed by atoms with van der Waals surface area (Å²) in [5, 5.41) is 23.0. The second-order valence-electron chi connectivity index (χ2n) is 12.9. The second-order valence-corrected chi connectivity index (χ2v) is 14.0. The quantitative estimate of drug-likeness (QED) is 0.176. The molecule has 2 aromatic heterocycles. The van der Waals surface area contributed by atoms with Gasteiger partial charge in [-0.15, -0.1) is 11.3 Å². The Balaban J connectivity index is 1.08. The van der Waals surface area contributed by atoms with Gasteiger partial charge in [-0.05, 0) is 81.8 Å². The van der Waals surface area contributed by atoms with Crippen molar-refractivity contribution in [2.45, 2.75) is 77.2 Å². The van der Waals surface area contributed by atoms with E-state index in [1.807, 2.05) is 31.2 Å². The molecule has 2 atom stereocenters. The molecule has 6 rings (SSSR count). The van der Waals surface area contributed by atoms with Gasteiger partial charge in [0, 0.05) is 54.7 Å². The maximum atomic E-state index is 14.3. The van der Waals surface area contributed by atoms with Gasteiger partial charge in [0.15, 0.2) is 0 Å². The zero-order valence-corrected chi connectivity index (χ0v) is 28.1. The fourth-order valence-electron chi connectivity index (χ4n) is 6.58. The molecule has 10 nitrogen and oxygen atoms in total. The number of ether oxygens (including phenoxy) is 1. The summed E-state index contributed by atoms with van der Waals surface area (Å²) < 4.78 is 20.4. The highest BCUT2D eigenvalue weighted by molar-refractivity contribution is 7.09. The van der Waals surface area contributed by atoms with Gasteiger partial charge in [-0.25, -0.2) is 14.4 Å². The molecule has 4 aromatic rings. The van der Waals surface area contributed by atoms with Crippen LogP contribution in [0.15, 0.2) is 60.1 Å². The number of rotatable bonds is 9. The first kappa shape index (κ1) is 33.5. The Morgan fingerprint density at radius 1 is 1.00 bits per heavy atom. The number of carbonyl (C=O) groups excluding carboxylic acids is 2. The molecular weight excluding hydrogens is 631 g/mol. The molecule has 1 aliphatic carbocycles. The largest absolute Gasteiger partial charge is 0.508 e. The van der Waals surface area contributed by atoms with Crippen molar-refractivity contribution in [2.75, 3.05) is 13.1 Å². The standard InChI is InChI=1S/C36H41FN6O4S/c1-21-17-43(18-22(2)39-21)19-26-8-7-25(14-33(26)44)24-5-4-6-30(13-24)47-36-31(15-27(37)16-38-36)34(45)41-28-9-11-29(12-10-28)42-35(46)32-20-48-23(3)40-32/h4-8,13-16,20-22,28-29,39,44H,9-12,17-19H2,1-3H3,(H,41,45)(H,42,46)/t21-,22?,28?,29?/m0/s1. The Labute approximate surface area is 283 Å². The Hall–Kier alpha value is -4.39. The highest BCUT2D eigenvalue weighted by atomic mass is 32.1. The number of nitrogens with zero attached hydrogens (tertiary/aromatic N) is 3. The van der Waals surface area contributed by atoms with Gasteiger partial charge < -0.3 is 25.8 Å². The van der Waals surface area contributed by atoms with E-state index < -0.39 is 11.7 Å². The Kier molecular flexibility index (Phi) is 10.3. The SMILES string of the molecule is Cc1nc(C(=O)NC2CCC(NC(=O)c3cc(F)cnc3Oc3cccc(-c4ccc(CN5CC(C)N[C@@H](C)C5)c(O)c4)c3)CC2)cs1. The molecule has 0 spiro atoms. The van der Waals surface area contributed by atoms with Crippen molar-refractivity contribution in [3.8, 4) is 28.5 Å². The normalized spacial score (nSPS) is 21.4. The number of amides is 2. The van der Waals surface area contributed by atoms with Crippen LogP contribution in [0.4, 0.5) is 4.39 Å². The number of aryl methyl sites for hydroxylation is 1. The maximum Gasteiger partial charge on any atom is 0.270 e. The van der Waals surface area contributed by atoms with Gasteiger partial charge in [0.25, 0.3) is 11.8 Å². The minimum absolute atomic E-state index is 0.00622. The summed E-state index contributed by atoms with van der Waals surface area (Å²) in [6.07, 6.45) is 3.73. The number of thiazole rings is 1. The van der Waals surface area contributed by atoms with Crippen LogP contribution in [-0.2, 0) is 6.54 Å². The second kappa shape index (κ2) is 14.8. The third-order valence-corrected chi connectivity index (χ3v) is 9.58. The van der Waals surface area contributed by atoms with Crippen molar-refractivity contribution in [2.24, 2.45) is 0 Å². The molecule has 1 saturated carbocycles. The van der Waals surface area contributed by atoms with Crippen molar-refractivity contribution in [1.82, 2.24) is 30.8 Å². The molecule has 1 unspecified atom stereocenters. The maximum absolute atomic E-state index is 14.3. The Morgan fingerprint density at radius 2 is 1.69 bits per heavy atom. The number of aromatic nitrogens is 2. The summed E-state index contributed by atoms with van der Waals surface area (Å²) in [7, 11) is 0. The van der Waals surface area contributed by atoms with Crippen LogP contribution in [0.5, 0.6) is 17.4 Å². The first-order valence-corrected chi connectivity index (χ1v) is 17.3. The molecule has 1 saturated heterocycles. The van der Waals surface area contributed by atoms with Gasteiger partial charge in [-0.3, -0.25) is 14.5 Å². The van der Waals surface area contributed by atoms with Crippen molar-refractivity contribution in [1.29, 1.82) is 0 Å². The number of pyridine rings is 1. The van der Waals surface area contributed by atoms with Crippen LogP contribution < -0.4 is 20.7 Å². The van der Waals surface area contributed by atoms with Crippen molar-refractivity contribution < 1.29 is 23.8 Å². The van der Waals surface area contributed by atoms with Gasteiger partial charge in [0.05, 0.1) is 11.2 Å². The summed E-state index contributed by atoms with van der Waals surface area (Å²) in [6.45, 7) is 8.68. The molecule has 2 fully saturated rings. The average molecular weight is 673 g/mol. The summed E-state index contributed by atoms with van der Waals surface area (Å²) in [6, 6.07) is 14.7. The summed E-state index contributed by atoms with van der Waals surface area (Å²) >= 11 is 1.43. The number of hydrogen-bond acceptors (Lipinski definition) is 9. The lowest BCUT2D eigenvalue weighted by Crippen LogP contribution is -2.53. The van der Waals surface area contributed by atoms with Crippen molar-refractivity contribution in [3.05, 3.63) is 87.8 Å². The third kappa shape index (κ3) is 8.36. The third-order valence-electron chi connectivity index (χ3n) is 8.81. The highest BCUT2D eigenvalue weighted by Gasteiger charge is 2.27. The number of phenols is 1. The molecule has 252 valence electrons. The van der Waals surface area contributed by atoms with E-state index in [0.29, 0.717) is 55.8 Å². The molecule has 3 heterocycles. The lowest BCUT2D eigenvalue weighted by atomic mass is 9.91. The molecule has 4 N–H and O–H groups in total. The van der Waals surface area contributed by atoms with E-state index in [0.717, 1.165) is 47.1 Å². The van der Waals surface area contributed by atoms with E-state index in [1.165, 1.54) is 11.3 Å². The van der Waals surface area contributed by atoms with Crippen LogP contribution in [0.2, 0.25) is 0 Å². The van der Waals surface area contributed by atoms with Crippen molar-refractivity contribution in [3.63, 3.8) is 0 Å². The fourth-order valence-corrected chi connectivity index (χ4v) is 7.17. The van der Waals surface area contributed by atoms with Crippen LogP contribution in [-0.4, -0.2) is 69.0 Å². The van der Waals surface area contributed by atoms with Crippen LogP contribution >= 0.6 is 11.3 Å². The average Bonchev–Trinajstić information content (AvgIpc) is 3.50. The zero-order chi connectivity index (χ0) is 33.8. The lowest BCUT2D eigenvalue weighted by molar-refractivity contribution is 0.0888. The summed E-state index contributed by atoms with van der Waals surface area (Å²) in [5.41, 5.74) is 2.89. The number of phenolic OH excluding ortho intramolecular Hbond substituents is 1. The molecular formula is C36H41FN6O4S. The molecule has 0 bridgehead atoms. The number of hydrogen-bond donors (Lipinski definition) is 4. The Morgan fingerprint density at radius 3 is 2.35 bits per heavy atom. The minimum atomic E-state index is -0.648. The van der Waals surface area contributed by atoms with E-state index in [4.69, 9.17) is 4.74 Å². The Bertz CT molecular complexity index is 1760. The molecule has 12 heteroatoms. The molecule has 2 aliphatic rings. The molecule has 2 aromatic carbocycles. The fraction of sp³-hybridized carbons (Fsp3) is 0.389. The van der Waals surface area contributed by atoms with Crippen LogP contribution in [0.1, 0.15) is 70.9 Å². The van der Waals surface area contributed by atoms with E-state index in [9.17, 15) is 19.1 Å². The van der Waals surface area contributed by atoms with Crippen molar-refractivity contribution >= 4 is 23.2 Å². The number of carbonyl (C=O) groups is 2. The van der Waals surface area contributed by atoms with E-state index >= 15 is 0 Å². The first-order valence-electron chi connectivity index (χ1n) is 16.4. The van der Waals surface area contributed by atoms with E-state index in [-0.39, 0.29) is 35.2 Å². The predicted molar refractivity (Wildman–Crippen MR) is 183 cm³/mol. The first-order chi connectivity index (χ1) is 23.1. The van der Waals surface area contributed by atoms with Crippen LogP contribution in [0, 0.1) is 12.7 Å². The number of benzene rings is 2. The lowest BCUT2D eigenvalue weighted by Gasteiger charge is -2.36. The number of piperazine rings is 1. The highest BCUT2D eigenvalue weighted by Crippen LogP contribution is 2.32. The molecule has 1 aliphatic heterocycles. The molecule has 0 radical (unpaired) electrons. The molecule has 2 amide bonds.